The van der Waals surface area contributed by atoms with Crippen molar-refractivity contribution < 1.29 is 9.85 Å². The molecule has 0 radical (unpaired) electrons. The van der Waals surface area contributed by atoms with Gasteiger partial charge in [-0.1, -0.05) is 23.2 Å². The maximum Gasteiger partial charge on any atom is 0.315 e. The molecular formula is C15H8Cl2N4O4. The van der Waals surface area contributed by atoms with Gasteiger partial charge in [-0.15, -0.1) is 0 Å². The average molecular weight is 379 g/mol. The molecule has 0 saturated heterocycles. The zero-order chi connectivity index (χ0) is 18.1. The van der Waals surface area contributed by atoms with Crippen LogP contribution in [0.2, 0.25) is 10.0 Å². The Balaban J connectivity index is 2.11. The van der Waals surface area contributed by atoms with Crippen LogP contribution in [0.1, 0.15) is 0 Å². The third-order valence-corrected chi connectivity index (χ3v) is 3.95. The highest BCUT2D eigenvalue weighted by Gasteiger charge is 2.23. The molecule has 126 valence electrons. The number of aromatic nitrogens is 2. The second-order valence-electron chi connectivity index (χ2n) is 4.96. The number of nitrogens with zero attached hydrogens (tertiary/aromatic N) is 4. The summed E-state index contributed by atoms with van der Waals surface area (Å²) < 4.78 is 1.27. The number of rotatable bonds is 4. The average Bonchev–Trinajstić information content (AvgIpc) is 3.00. The van der Waals surface area contributed by atoms with Gasteiger partial charge in [0.1, 0.15) is 6.20 Å². The summed E-state index contributed by atoms with van der Waals surface area (Å²) in [5.74, 6) is 0. The van der Waals surface area contributed by atoms with E-state index in [4.69, 9.17) is 23.2 Å². The molecule has 0 aliphatic carbocycles. The molecular weight excluding hydrogens is 371 g/mol. The van der Waals surface area contributed by atoms with Crippen LogP contribution in [0.5, 0.6) is 0 Å². The lowest BCUT2D eigenvalue weighted by molar-refractivity contribution is -0.384. The van der Waals surface area contributed by atoms with Crippen molar-refractivity contribution in [1.82, 2.24) is 9.78 Å². The van der Waals surface area contributed by atoms with Gasteiger partial charge in [0.05, 0.1) is 20.6 Å². The fourth-order valence-corrected chi connectivity index (χ4v) is 2.73. The third kappa shape index (κ3) is 3.30. The van der Waals surface area contributed by atoms with Crippen molar-refractivity contribution >= 4 is 34.6 Å². The van der Waals surface area contributed by atoms with E-state index in [9.17, 15) is 20.2 Å². The molecule has 1 heterocycles. The molecule has 10 heteroatoms. The molecule has 0 unspecified atom stereocenters. The molecule has 0 amide bonds. The van der Waals surface area contributed by atoms with Crippen molar-refractivity contribution in [2.24, 2.45) is 0 Å². The molecule has 8 nitrogen and oxygen atoms in total. The van der Waals surface area contributed by atoms with Crippen molar-refractivity contribution in [1.29, 1.82) is 0 Å². The molecule has 0 aliphatic rings. The number of non-ortho nitro benzene ring substituents is 1. The summed E-state index contributed by atoms with van der Waals surface area (Å²) in [5.41, 5.74) is 0.530. The van der Waals surface area contributed by atoms with Crippen LogP contribution in [0.4, 0.5) is 11.4 Å². The Labute approximate surface area is 150 Å². The summed E-state index contributed by atoms with van der Waals surface area (Å²) in [5, 5.41) is 26.9. The van der Waals surface area contributed by atoms with E-state index >= 15 is 0 Å². The van der Waals surface area contributed by atoms with E-state index < -0.39 is 9.85 Å². The molecule has 0 fully saturated rings. The summed E-state index contributed by atoms with van der Waals surface area (Å²) >= 11 is 12.0. The minimum Gasteiger partial charge on any atom is -0.258 e. The third-order valence-electron chi connectivity index (χ3n) is 3.40. The smallest absolute Gasteiger partial charge is 0.258 e. The van der Waals surface area contributed by atoms with Crippen LogP contribution in [0.15, 0.2) is 48.7 Å². The predicted molar refractivity (Wildman–Crippen MR) is 92.3 cm³/mol. The SMILES string of the molecule is O=[N+]([O-])c1ccc(-n2cc([N+](=O)[O-])c(-c3ccc(Cl)cc3Cl)n2)cc1. The highest BCUT2D eigenvalue weighted by atomic mass is 35.5. The Bertz CT molecular complexity index is 986. The first-order chi connectivity index (χ1) is 11.9. The van der Waals surface area contributed by atoms with Crippen LogP contribution in [0.3, 0.4) is 0 Å². The quantitative estimate of drug-likeness (QED) is 0.484. The van der Waals surface area contributed by atoms with Crippen molar-refractivity contribution in [2.75, 3.05) is 0 Å². The summed E-state index contributed by atoms with van der Waals surface area (Å²) in [6.45, 7) is 0. The van der Waals surface area contributed by atoms with Gasteiger partial charge < -0.3 is 0 Å². The van der Waals surface area contributed by atoms with Crippen molar-refractivity contribution in [3.05, 3.63) is 78.9 Å². The van der Waals surface area contributed by atoms with Crippen molar-refractivity contribution in [3.63, 3.8) is 0 Å². The Hall–Kier alpha value is -2.97. The van der Waals surface area contributed by atoms with Gasteiger partial charge in [0, 0.05) is 22.7 Å². The zero-order valence-electron chi connectivity index (χ0n) is 12.3. The molecule has 0 bridgehead atoms. The first-order valence-electron chi connectivity index (χ1n) is 6.81. The van der Waals surface area contributed by atoms with E-state index in [1.807, 2.05) is 0 Å². The first-order valence-corrected chi connectivity index (χ1v) is 7.56. The van der Waals surface area contributed by atoms with E-state index in [0.717, 1.165) is 0 Å². The molecule has 0 saturated carbocycles. The standard InChI is InChI=1S/C15H8Cl2N4O4/c16-9-1-6-12(13(17)7-9)15-14(21(24)25)8-19(18-15)10-2-4-11(5-3-10)20(22)23/h1-8H. The second kappa shape index (κ2) is 6.50. The first kappa shape index (κ1) is 16.9. The highest BCUT2D eigenvalue weighted by Crippen LogP contribution is 2.35. The minimum absolute atomic E-state index is 0.0741. The van der Waals surface area contributed by atoms with Crippen LogP contribution in [-0.2, 0) is 0 Å². The Morgan fingerprint density at radius 3 is 2.20 bits per heavy atom. The molecule has 2 aromatic carbocycles. The van der Waals surface area contributed by atoms with E-state index in [0.29, 0.717) is 16.3 Å². The summed E-state index contributed by atoms with van der Waals surface area (Å²) in [6.07, 6.45) is 1.22. The Morgan fingerprint density at radius 1 is 0.960 bits per heavy atom. The fourth-order valence-electron chi connectivity index (χ4n) is 2.23. The van der Waals surface area contributed by atoms with Crippen LogP contribution >= 0.6 is 23.2 Å². The highest BCUT2D eigenvalue weighted by molar-refractivity contribution is 6.36. The monoisotopic (exact) mass is 378 g/mol. The summed E-state index contributed by atoms with van der Waals surface area (Å²) in [4.78, 5) is 21.0. The number of hydrogen-bond acceptors (Lipinski definition) is 5. The molecule has 25 heavy (non-hydrogen) atoms. The number of nitro groups is 2. The number of benzene rings is 2. The molecule has 3 rings (SSSR count). The Morgan fingerprint density at radius 2 is 1.64 bits per heavy atom. The summed E-state index contributed by atoms with van der Waals surface area (Å²) in [6, 6.07) is 10.0. The van der Waals surface area contributed by atoms with Gasteiger partial charge in [0.25, 0.3) is 5.69 Å². The van der Waals surface area contributed by atoms with Crippen LogP contribution in [0, 0.1) is 20.2 Å². The summed E-state index contributed by atoms with van der Waals surface area (Å²) in [7, 11) is 0. The zero-order valence-corrected chi connectivity index (χ0v) is 13.8. The van der Waals surface area contributed by atoms with E-state index in [1.54, 1.807) is 12.1 Å². The maximum atomic E-state index is 11.4. The topological polar surface area (TPSA) is 104 Å². The lowest BCUT2D eigenvalue weighted by Crippen LogP contribution is -1.96. The van der Waals surface area contributed by atoms with Gasteiger partial charge in [0.2, 0.25) is 0 Å². The number of halogens is 2. The number of nitro benzene ring substituents is 1. The predicted octanol–water partition coefficient (Wildman–Crippen LogP) is 4.66. The normalized spacial score (nSPS) is 10.6. The fraction of sp³-hybridized carbons (Fsp3) is 0. The van der Waals surface area contributed by atoms with Crippen molar-refractivity contribution in [3.8, 4) is 16.9 Å². The maximum absolute atomic E-state index is 11.4. The molecule has 0 N–H and O–H groups in total. The van der Waals surface area contributed by atoms with Gasteiger partial charge in [-0.3, -0.25) is 20.2 Å². The van der Waals surface area contributed by atoms with E-state index in [-0.39, 0.29) is 22.1 Å². The molecule has 0 spiro atoms. The molecule has 0 atom stereocenters. The minimum atomic E-state index is -0.574. The van der Waals surface area contributed by atoms with Crippen LogP contribution in [0.25, 0.3) is 16.9 Å². The lowest BCUT2D eigenvalue weighted by Gasteiger charge is -2.02. The largest absolute Gasteiger partial charge is 0.315 e. The van der Waals surface area contributed by atoms with Gasteiger partial charge >= 0.3 is 5.69 Å². The van der Waals surface area contributed by atoms with Gasteiger partial charge in [-0.2, -0.15) is 5.10 Å². The molecule has 0 aliphatic heterocycles. The molecule has 1 aromatic heterocycles. The van der Waals surface area contributed by atoms with Gasteiger partial charge in [-0.05, 0) is 30.3 Å². The second-order valence-corrected chi connectivity index (χ2v) is 5.81. The van der Waals surface area contributed by atoms with Crippen LogP contribution < -0.4 is 0 Å². The van der Waals surface area contributed by atoms with Gasteiger partial charge in [0.15, 0.2) is 5.69 Å². The Kier molecular flexibility index (Phi) is 4.39. The van der Waals surface area contributed by atoms with Crippen LogP contribution in [-0.4, -0.2) is 19.6 Å². The lowest BCUT2D eigenvalue weighted by atomic mass is 10.1. The number of hydrogen-bond donors (Lipinski definition) is 0. The van der Waals surface area contributed by atoms with Gasteiger partial charge in [-0.25, -0.2) is 4.68 Å². The van der Waals surface area contributed by atoms with E-state index in [1.165, 1.54) is 41.2 Å². The molecule has 3 aromatic rings. The van der Waals surface area contributed by atoms with E-state index in [2.05, 4.69) is 5.10 Å². The van der Waals surface area contributed by atoms with Crippen molar-refractivity contribution in [2.45, 2.75) is 0 Å².